The van der Waals surface area contributed by atoms with Gasteiger partial charge in [0.25, 0.3) is 6.43 Å². The van der Waals surface area contributed by atoms with Gasteiger partial charge in [-0.05, 0) is 12.8 Å². The van der Waals surface area contributed by atoms with Crippen LogP contribution in [0.15, 0.2) is 0 Å². The molecule has 1 heterocycles. The molecule has 96 valence electrons. The van der Waals surface area contributed by atoms with Gasteiger partial charge in [0.05, 0.1) is 24.1 Å². The van der Waals surface area contributed by atoms with Crippen molar-refractivity contribution >= 4 is 5.78 Å². The maximum atomic E-state index is 12.8. The van der Waals surface area contributed by atoms with Crippen LogP contribution in [0.1, 0.15) is 33.6 Å². The summed E-state index contributed by atoms with van der Waals surface area (Å²) in [5, 5.41) is 11.4. The van der Waals surface area contributed by atoms with Gasteiger partial charge in [0.1, 0.15) is 0 Å². The second-order valence-corrected chi connectivity index (χ2v) is 5.51. The van der Waals surface area contributed by atoms with Crippen molar-refractivity contribution in [2.75, 3.05) is 0 Å². The Morgan fingerprint density at radius 2 is 2.00 bits per heavy atom. The molecule has 0 aromatic heterocycles. The molecule has 0 spiro atoms. The number of hydrogen-bond donors (Lipinski definition) is 1. The van der Waals surface area contributed by atoms with Crippen molar-refractivity contribution in [3.05, 3.63) is 0 Å². The predicted molar refractivity (Wildman–Crippen MR) is 59.5 cm³/mol. The third kappa shape index (κ3) is 3.22. The van der Waals surface area contributed by atoms with E-state index < -0.39 is 29.8 Å². The first-order chi connectivity index (χ1) is 7.77. The molecular weight excluding hydrogens is 226 g/mol. The highest BCUT2D eigenvalue weighted by atomic mass is 19.3. The van der Waals surface area contributed by atoms with Gasteiger partial charge in [0.15, 0.2) is 5.78 Å². The van der Waals surface area contributed by atoms with Gasteiger partial charge in [-0.15, -0.1) is 0 Å². The van der Waals surface area contributed by atoms with E-state index >= 15 is 0 Å². The molecule has 0 radical (unpaired) electrons. The van der Waals surface area contributed by atoms with E-state index in [2.05, 4.69) is 5.32 Å². The maximum absolute atomic E-state index is 12.8. The number of piperidine rings is 1. The first kappa shape index (κ1) is 14.0. The van der Waals surface area contributed by atoms with E-state index in [1.165, 1.54) is 0 Å². The van der Waals surface area contributed by atoms with E-state index in [1.54, 1.807) is 20.8 Å². The van der Waals surface area contributed by atoms with Crippen molar-refractivity contribution < 1.29 is 13.6 Å². The quantitative estimate of drug-likeness (QED) is 0.809. The molecule has 5 heteroatoms. The summed E-state index contributed by atoms with van der Waals surface area (Å²) in [4.78, 5) is 12.0. The van der Waals surface area contributed by atoms with Crippen LogP contribution in [0.2, 0.25) is 0 Å². The van der Waals surface area contributed by atoms with Crippen LogP contribution in [0.4, 0.5) is 8.78 Å². The fraction of sp³-hybridized carbons (Fsp3) is 0.833. The largest absolute Gasteiger partial charge is 0.298 e. The van der Waals surface area contributed by atoms with Crippen LogP contribution in [-0.2, 0) is 4.79 Å². The van der Waals surface area contributed by atoms with Crippen LogP contribution in [0.5, 0.6) is 0 Å². The zero-order valence-corrected chi connectivity index (χ0v) is 10.3. The highest BCUT2D eigenvalue weighted by Crippen LogP contribution is 2.27. The summed E-state index contributed by atoms with van der Waals surface area (Å²) in [6.45, 7) is 5.31. The molecule has 3 atom stereocenters. The van der Waals surface area contributed by atoms with Gasteiger partial charge < -0.3 is 0 Å². The Bertz CT molecular complexity index is 330. The predicted octanol–water partition coefficient (Wildman–Crippen LogP) is 2.13. The third-order valence-electron chi connectivity index (χ3n) is 3.09. The fourth-order valence-electron chi connectivity index (χ4n) is 2.08. The van der Waals surface area contributed by atoms with Crippen molar-refractivity contribution in [2.24, 2.45) is 11.3 Å². The topological polar surface area (TPSA) is 52.9 Å². The summed E-state index contributed by atoms with van der Waals surface area (Å²) in [5.74, 6) is -0.779. The molecule has 1 aliphatic heterocycles. The van der Waals surface area contributed by atoms with Crippen LogP contribution in [0.3, 0.4) is 0 Å². The Morgan fingerprint density at radius 3 is 2.41 bits per heavy atom. The molecule has 0 saturated carbocycles. The molecule has 3 unspecified atom stereocenters. The van der Waals surface area contributed by atoms with Gasteiger partial charge in [-0.3, -0.25) is 10.1 Å². The minimum Gasteiger partial charge on any atom is -0.298 e. The van der Waals surface area contributed by atoms with Gasteiger partial charge >= 0.3 is 0 Å². The summed E-state index contributed by atoms with van der Waals surface area (Å²) < 4.78 is 25.5. The second-order valence-electron chi connectivity index (χ2n) is 5.51. The highest BCUT2D eigenvalue weighted by molar-refractivity contribution is 5.88. The number of nitriles is 1. The summed E-state index contributed by atoms with van der Waals surface area (Å²) in [6.07, 6.45) is -1.81. The fourth-order valence-corrected chi connectivity index (χ4v) is 2.08. The monoisotopic (exact) mass is 244 g/mol. The molecule has 1 rings (SSSR count). The third-order valence-corrected chi connectivity index (χ3v) is 3.09. The number of rotatable bonds is 2. The lowest BCUT2D eigenvalue weighted by molar-refractivity contribution is -0.130. The van der Waals surface area contributed by atoms with Crippen molar-refractivity contribution in [1.82, 2.24) is 5.32 Å². The summed E-state index contributed by atoms with van der Waals surface area (Å²) in [6, 6.07) is 0.133. The smallest absolute Gasteiger partial charge is 0.254 e. The van der Waals surface area contributed by atoms with E-state index in [4.69, 9.17) is 5.26 Å². The Morgan fingerprint density at radius 1 is 1.41 bits per heavy atom. The lowest BCUT2D eigenvalue weighted by Gasteiger charge is -2.35. The van der Waals surface area contributed by atoms with E-state index in [-0.39, 0.29) is 5.78 Å². The highest BCUT2D eigenvalue weighted by Gasteiger charge is 2.40. The minimum absolute atomic E-state index is 0.0699. The first-order valence-electron chi connectivity index (χ1n) is 5.75. The standard InChI is InChI=1S/C12H18F2N2O/c1-12(2,3)10(17)8-5-4-7(6-15)9(16-8)11(13)14/h7-9,11,16H,4-5H2,1-3H3. The number of Topliss-reactive ketones (excluding diaryl/α,β-unsaturated/α-hetero) is 1. The van der Waals surface area contributed by atoms with Crippen LogP contribution in [0.25, 0.3) is 0 Å². The van der Waals surface area contributed by atoms with Gasteiger partial charge in [0.2, 0.25) is 0 Å². The molecule has 0 aromatic rings. The lowest BCUT2D eigenvalue weighted by Crippen LogP contribution is -2.55. The molecule has 1 saturated heterocycles. The summed E-state index contributed by atoms with van der Waals surface area (Å²) in [7, 11) is 0. The van der Waals surface area contributed by atoms with Gasteiger partial charge in [-0.1, -0.05) is 20.8 Å². The average molecular weight is 244 g/mol. The van der Waals surface area contributed by atoms with Crippen molar-refractivity contribution in [3.63, 3.8) is 0 Å². The van der Waals surface area contributed by atoms with Crippen molar-refractivity contribution in [2.45, 2.75) is 52.1 Å². The van der Waals surface area contributed by atoms with Gasteiger partial charge in [-0.2, -0.15) is 5.26 Å². The SMILES string of the molecule is CC(C)(C)C(=O)C1CCC(C#N)C(C(F)F)N1. The number of nitrogens with zero attached hydrogens (tertiary/aromatic N) is 1. The molecule has 0 aliphatic carbocycles. The lowest BCUT2D eigenvalue weighted by atomic mass is 9.80. The normalized spacial score (nSPS) is 30.1. The van der Waals surface area contributed by atoms with Crippen LogP contribution in [0, 0.1) is 22.7 Å². The number of alkyl halides is 2. The van der Waals surface area contributed by atoms with Crippen molar-refractivity contribution in [1.29, 1.82) is 5.26 Å². The van der Waals surface area contributed by atoms with Gasteiger partial charge in [-0.25, -0.2) is 8.78 Å². The Hall–Kier alpha value is -1.02. The minimum atomic E-state index is -2.62. The average Bonchev–Trinajstić information content (AvgIpc) is 2.25. The molecule has 0 bridgehead atoms. The van der Waals surface area contributed by atoms with E-state index in [1.807, 2.05) is 6.07 Å². The van der Waals surface area contributed by atoms with Crippen LogP contribution >= 0.6 is 0 Å². The number of halogens is 2. The summed E-state index contributed by atoms with van der Waals surface area (Å²) >= 11 is 0. The number of carbonyl (C=O) groups excluding carboxylic acids is 1. The second kappa shape index (κ2) is 5.09. The number of carbonyl (C=O) groups is 1. The van der Waals surface area contributed by atoms with E-state index in [9.17, 15) is 13.6 Å². The number of nitrogens with one attached hydrogen (secondary N) is 1. The van der Waals surface area contributed by atoms with E-state index in [0.29, 0.717) is 12.8 Å². The van der Waals surface area contributed by atoms with Crippen LogP contribution < -0.4 is 5.32 Å². The van der Waals surface area contributed by atoms with Crippen molar-refractivity contribution in [3.8, 4) is 6.07 Å². The molecular formula is C12H18F2N2O. The molecule has 1 N–H and O–H groups in total. The first-order valence-corrected chi connectivity index (χ1v) is 5.75. The van der Waals surface area contributed by atoms with Gasteiger partial charge in [0, 0.05) is 5.41 Å². The van der Waals surface area contributed by atoms with E-state index in [0.717, 1.165) is 0 Å². The number of hydrogen-bond acceptors (Lipinski definition) is 3. The Labute approximate surface area is 100 Å². The molecule has 3 nitrogen and oxygen atoms in total. The molecule has 17 heavy (non-hydrogen) atoms. The Balaban J connectivity index is 2.76. The zero-order chi connectivity index (χ0) is 13.2. The maximum Gasteiger partial charge on any atom is 0.254 e. The molecule has 0 aromatic carbocycles. The Kier molecular flexibility index (Phi) is 4.21. The molecule has 1 aliphatic rings. The summed E-state index contributed by atoms with van der Waals surface area (Å²) in [5.41, 5.74) is -0.552. The molecule has 1 fully saturated rings. The van der Waals surface area contributed by atoms with Crippen LogP contribution in [-0.4, -0.2) is 24.3 Å². The number of ketones is 1. The zero-order valence-electron chi connectivity index (χ0n) is 10.3. The molecule has 0 amide bonds.